The maximum Gasteiger partial charge on any atom is 0.573 e. The molecule has 0 unspecified atom stereocenters. The van der Waals surface area contributed by atoms with Crippen molar-refractivity contribution >= 4 is 52.6 Å². The highest BCUT2D eigenvalue weighted by atomic mass is 35.5. The van der Waals surface area contributed by atoms with Gasteiger partial charge in [-0.3, -0.25) is 9.80 Å². The van der Waals surface area contributed by atoms with Gasteiger partial charge in [0, 0.05) is 41.8 Å². The minimum Gasteiger partial charge on any atom is -0.404 e. The summed E-state index contributed by atoms with van der Waals surface area (Å²) in [6.07, 6.45) is 1.94. The molecule has 2 amide bonds. The molecule has 230 valence electrons. The number of carbonyl (C=O) groups excluding carboxylic acids is 1. The molecule has 2 aromatic carbocycles. The number of likely N-dealkylation sites (tertiary alicyclic amines) is 1. The number of urea groups is 1. The SMILES string of the molecule is CC.O=C(NCc1ccnc(Cl)c1)N1CC2(CCN(C/C=C/c3ccc(Cl)cc3)CC2)c2c1ccc(OC(F)(F)F)c2Cl. The molecule has 6 nitrogen and oxygen atoms in total. The van der Waals surface area contributed by atoms with Crippen molar-refractivity contribution in [3.63, 3.8) is 0 Å². The molecule has 1 N–H and O–H groups in total. The zero-order chi connectivity index (χ0) is 31.2. The van der Waals surface area contributed by atoms with Crippen LogP contribution in [0.4, 0.5) is 23.7 Å². The summed E-state index contributed by atoms with van der Waals surface area (Å²) in [5.74, 6) is -0.473. The number of pyridine rings is 1. The molecule has 1 spiro atoms. The molecular weight excluding hydrogens is 624 g/mol. The highest BCUT2D eigenvalue weighted by molar-refractivity contribution is 6.33. The summed E-state index contributed by atoms with van der Waals surface area (Å²) in [6.45, 7) is 6.55. The van der Waals surface area contributed by atoms with Crippen molar-refractivity contribution in [2.24, 2.45) is 0 Å². The molecule has 0 radical (unpaired) electrons. The topological polar surface area (TPSA) is 57.7 Å². The number of hydrogen-bond donors (Lipinski definition) is 1. The van der Waals surface area contributed by atoms with Crippen LogP contribution in [-0.2, 0) is 12.0 Å². The number of rotatable bonds is 6. The number of nitrogens with zero attached hydrogens (tertiary/aromatic N) is 3. The molecule has 1 aromatic heterocycles. The van der Waals surface area contributed by atoms with E-state index in [1.165, 1.54) is 6.07 Å². The van der Waals surface area contributed by atoms with Crippen molar-refractivity contribution in [1.29, 1.82) is 0 Å². The van der Waals surface area contributed by atoms with E-state index in [1.54, 1.807) is 23.2 Å². The molecule has 2 aliphatic heterocycles. The monoisotopic (exact) mass is 654 g/mol. The Morgan fingerprint density at radius 3 is 2.42 bits per heavy atom. The van der Waals surface area contributed by atoms with Crippen molar-refractivity contribution in [3.8, 4) is 5.75 Å². The van der Waals surface area contributed by atoms with Gasteiger partial charge >= 0.3 is 12.4 Å². The number of fused-ring (bicyclic) bond motifs is 2. The van der Waals surface area contributed by atoms with Gasteiger partial charge < -0.3 is 10.1 Å². The number of carbonyl (C=O) groups is 1. The fourth-order valence-corrected chi connectivity index (χ4v) is 6.16. The van der Waals surface area contributed by atoms with E-state index >= 15 is 0 Å². The number of halogens is 6. The maximum atomic E-state index is 13.4. The Morgan fingerprint density at radius 1 is 1.07 bits per heavy atom. The number of alkyl halides is 3. The fourth-order valence-electron chi connectivity index (χ4n) is 5.44. The van der Waals surface area contributed by atoms with Crippen LogP contribution in [0.5, 0.6) is 5.75 Å². The molecule has 0 bridgehead atoms. The van der Waals surface area contributed by atoms with Gasteiger partial charge in [0.05, 0.1) is 10.7 Å². The summed E-state index contributed by atoms with van der Waals surface area (Å²) >= 11 is 18.5. The highest BCUT2D eigenvalue weighted by Crippen LogP contribution is 2.53. The van der Waals surface area contributed by atoms with Crippen molar-refractivity contribution in [3.05, 3.63) is 92.7 Å². The Bertz CT molecular complexity index is 1440. The van der Waals surface area contributed by atoms with Crippen molar-refractivity contribution in [2.75, 3.05) is 31.1 Å². The van der Waals surface area contributed by atoms with E-state index < -0.39 is 17.5 Å². The van der Waals surface area contributed by atoms with E-state index in [2.05, 4.69) is 26.0 Å². The van der Waals surface area contributed by atoms with Gasteiger partial charge in [-0.1, -0.05) is 72.9 Å². The van der Waals surface area contributed by atoms with Gasteiger partial charge in [-0.2, -0.15) is 0 Å². The molecule has 0 atom stereocenters. The van der Waals surface area contributed by atoms with Gasteiger partial charge in [0.15, 0.2) is 0 Å². The van der Waals surface area contributed by atoms with Crippen molar-refractivity contribution in [1.82, 2.24) is 15.2 Å². The van der Waals surface area contributed by atoms with Gasteiger partial charge in [0.25, 0.3) is 0 Å². The van der Waals surface area contributed by atoms with E-state index in [-0.39, 0.29) is 24.1 Å². The summed E-state index contributed by atoms with van der Waals surface area (Å²) in [6, 6.07) is 13.2. The first kappa shape index (κ1) is 32.9. The number of anilines is 1. The fraction of sp³-hybridized carbons (Fsp3) is 0.355. The third-order valence-corrected chi connectivity index (χ3v) is 8.26. The van der Waals surface area contributed by atoms with Gasteiger partial charge in [-0.05, 0) is 73.5 Å². The van der Waals surface area contributed by atoms with Crippen molar-refractivity contribution < 1.29 is 22.7 Å². The number of ether oxygens (including phenoxy) is 1. The molecular formula is C31H32Cl3F3N4O2. The predicted octanol–water partition coefficient (Wildman–Crippen LogP) is 8.74. The lowest BCUT2D eigenvalue weighted by atomic mass is 9.74. The highest BCUT2D eigenvalue weighted by Gasteiger charge is 2.49. The van der Waals surface area contributed by atoms with Crippen molar-refractivity contribution in [2.45, 2.75) is 45.0 Å². The van der Waals surface area contributed by atoms with E-state index in [4.69, 9.17) is 34.8 Å². The molecule has 1 saturated heterocycles. The molecule has 1 fully saturated rings. The van der Waals surface area contributed by atoms with Crippen LogP contribution in [0.1, 0.15) is 43.4 Å². The molecule has 12 heteroatoms. The first-order valence-electron chi connectivity index (χ1n) is 13.9. The van der Waals surface area contributed by atoms with Crippen LogP contribution in [-0.4, -0.2) is 48.5 Å². The van der Waals surface area contributed by atoms with E-state index in [0.29, 0.717) is 53.9 Å². The number of aromatic nitrogens is 1. The van der Waals surface area contributed by atoms with E-state index in [9.17, 15) is 18.0 Å². The maximum absolute atomic E-state index is 13.4. The average Bonchev–Trinajstić information content (AvgIpc) is 3.30. The van der Waals surface area contributed by atoms with E-state index in [1.807, 2.05) is 44.2 Å². The molecule has 3 aromatic rings. The van der Waals surface area contributed by atoms with Gasteiger partial charge in [-0.15, -0.1) is 13.2 Å². The van der Waals surface area contributed by atoms with Crippen LogP contribution >= 0.6 is 34.8 Å². The minimum absolute atomic E-state index is 0.118. The minimum atomic E-state index is -4.90. The molecule has 3 heterocycles. The Balaban J connectivity index is 0.00000207. The third kappa shape index (κ3) is 8.15. The Kier molecular flexibility index (Phi) is 10.9. The molecule has 0 saturated carbocycles. The van der Waals surface area contributed by atoms with Crippen LogP contribution in [0.25, 0.3) is 6.08 Å². The Hall–Kier alpha value is -2.98. The summed E-state index contributed by atoms with van der Waals surface area (Å²) in [7, 11) is 0. The predicted molar refractivity (Wildman–Crippen MR) is 166 cm³/mol. The quantitative estimate of drug-likeness (QED) is 0.270. The number of piperidine rings is 1. The molecule has 5 rings (SSSR count). The zero-order valence-corrected chi connectivity index (χ0v) is 26.0. The second-order valence-electron chi connectivity index (χ2n) is 10.1. The van der Waals surface area contributed by atoms with Crippen LogP contribution in [0.3, 0.4) is 0 Å². The lowest BCUT2D eigenvalue weighted by Crippen LogP contribution is -2.47. The summed E-state index contributed by atoms with van der Waals surface area (Å²) in [4.78, 5) is 21.1. The summed E-state index contributed by atoms with van der Waals surface area (Å²) < 4.78 is 43.6. The number of nitrogens with one attached hydrogen (secondary N) is 1. The second-order valence-corrected chi connectivity index (χ2v) is 11.3. The number of hydrogen-bond acceptors (Lipinski definition) is 4. The smallest absolute Gasteiger partial charge is 0.404 e. The lowest BCUT2D eigenvalue weighted by Gasteiger charge is -2.40. The lowest BCUT2D eigenvalue weighted by molar-refractivity contribution is -0.274. The molecule has 0 aliphatic carbocycles. The molecule has 43 heavy (non-hydrogen) atoms. The molecule has 2 aliphatic rings. The van der Waals surface area contributed by atoms with E-state index in [0.717, 1.165) is 17.2 Å². The van der Waals surface area contributed by atoms with Crippen LogP contribution in [0, 0.1) is 0 Å². The Labute approximate surface area is 264 Å². The van der Waals surface area contributed by atoms with Crippen LogP contribution < -0.4 is 15.0 Å². The first-order valence-corrected chi connectivity index (χ1v) is 15.1. The van der Waals surface area contributed by atoms with Crippen LogP contribution in [0.15, 0.2) is 60.8 Å². The van der Waals surface area contributed by atoms with Gasteiger partial charge in [0.2, 0.25) is 0 Å². The zero-order valence-electron chi connectivity index (χ0n) is 23.7. The summed E-state index contributed by atoms with van der Waals surface area (Å²) in [5, 5.41) is 3.74. The summed E-state index contributed by atoms with van der Waals surface area (Å²) in [5.41, 5.74) is 2.17. The number of amides is 2. The average molecular weight is 656 g/mol. The normalized spacial score (nSPS) is 16.1. The van der Waals surface area contributed by atoms with Crippen LogP contribution in [0.2, 0.25) is 15.2 Å². The second kappa shape index (κ2) is 14.2. The Morgan fingerprint density at radius 2 is 1.77 bits per heavy atom. The van der Waals surface area contributed by atoms with Gasteiger partial charge in [-0.25, -0.2) is 9.78 Å². The third-order valence-electron chi connectivity index (χ3n) is 7.43. The number of benzene rings is 2. The largest absolute Gasteiger partial charge is 0.573 e. The first-order chi connectivity index (χ1) is 20.5. The van der Waals surface area contributed by atoms with Gasteiger partial charge in [0.1, 0.15) is 10.9 Å². The standard InChI is InChI=1S/C29H26Cl3F3N4O2.C2H6/c30-21-5-3-19(4-6-21)2-1-13-38-14-10-28(11-15-38)18-39(27(40)37-17-20-9-12-36-24(31)16-20)22-7-8-23(26(32)25(22)28)41-29(33,34)35;1-2/h1-9,12,16H,10-11,13-15,17-18H2,(H,37,40);1-2H3/b2-1+;.